The van der Waals surface area contributed by atoms with Crippen molar-refractivity contribution < 1.29 is 5.11 Å². The number of rotatable bonds is 16. The van der Waals surface area contributed by atoms with Crippen molar-refractivity contribution in [3.8, 4) is 0 Å². The predicted molar refractivity (Wildman–Crippen MR) is 109 cm³/mol. The number of nitrogens with one attached hydrogen (secondary N) is 1. The molecule has 25 heavy (non-hydrogen) atoms. The van der Waals surface area contributed by atoms with Gasteiger partial charge in [-0.05, 0) is 45.4 Å². The fraction of sp³-hybridized carbons (Fsp3) is 0.818. The van der Waals surface area contributed by atoms with Gasteiger partial charge in [0.2, 0.25) is 0 Å². The van der Waals surface area contributed by atoms with Crippen LogP contribution in [0.25, 0.3) is 0 Å². The Bertz CT molecular complexity index is 352. The van der Waals surface area contributed by atoms with Crippen molar-refractivity contribution in [3.63, 3.8) is 0 Å². The van der Waals surface area contributed by atoms with Gasteiger partial charge in [0.25, 0.3) is 0 Å². The zero-order valence-electron chi connectivity index (χ0n) is 16.8. The molecule has 0 aliphatic carbocycles. The summed E-state index contributed by atoms with van der Waals surface area (Å²) in [5.41, 5.74) is 0. The Kier molecular flexibility index (Phi) is 13.5. The highest BCUT2D eigenvalue weighted by Gasteiger charge is 2.20. The van der Waals surface area contributed by atoms with E-state index in [1.807, 2.05) is 24.2 Å². The molecule has 0 aromatic carbocycles. The topological polar surface area (TPSA) is 35.5 Å². The first-order valence-electron chi connectivity index (χ1n) is 10.8. The maximum Gasteiger partial charge on any atom is 0.125 e. The first-order valence-corrected chi connectivity index (χ1v) is 10.8. The summed E-state index contributed by atoms with van der Waals surface area (Å²) in [5, 5.41) is 13.0. The predicted octanol–water partition coefficient (Wildman–Crippen LogP) is 6.06. The molecule has 1 aliphatic rings. The van der Waals surface area contributed by atoms with E-state index in [9.17, 15) is 5.11 Å². The number of unbranched alkanes of at least 4 members (excludes halogenated alkanes) is 11. The summed E-state index contributed by atoms with van der Waals surface area (Å²) < 4.78 is 0. The fourth-order valence-electron chi connectivity index (χ4n) is 3.46. The summed E-state index contributed by atoms with van der Waals surface area (Å²) >= 11 is 0. The number of hydrogen-bond donors (Lipinski definition) is 2. The van der Waals surface area contributed by atoms with Crippen molar-refractivity contribution in [2.45, 2.75) is 116 Å². The Morgan fingerprint density at radius 3 is 2.08 bits per heavy atom. The van der Waals surface area contributed by atoms with E-state index >= 15 is 0 Å². The summed E-state index contributed by atoms with van der Waals surface area (Å²) in [4.78, 5) is 1.99. The average Bonchev–Trinajstić information content (AvgIpc) is 3.07. The van der Waals surface area contributed by atoms with Gasteiger partial charge in [0.05, 0.1) is 0 Å². The van der Waals surface area contributed by atoms with Crippen LogP contribution in [0.15, 0.2) is 24.6 Å². The van der Waals surface area contributed by atoms with Crippen molar-refractivity contribution in [2.75, 3.05) is 0 Å². The molecule has 1 aliphatic heterocycles. The lowest BCUT2D eigenvalue weighted by molar-refractivity contribution is 0.0255. The van der Waals surface area contributed by atoms with E-state index in [0.717, 1.165) is 6.42 Å². The average molecular weight is 351 g/mol. The van der Waals surface area contributed by atoms with Crippen LogP contribution in [-0.2, 0) is 0 Å². The minimum Gasteiger partial charge on any atom is -0.374 e. The number of allylic oxidation sites excluding steroid dienone is 2. The minimum atomic E-state index is -0.410. The normalized spacial score (nSPS) is 18.2. The van der Waals surface area contributed by atoms with E-state index < -0.39 is 6.23 Å². The van der Waals surface area contributed by atoms with Gasteiger partial charge in [-0.25, -0.2) is 0 Å². The molecular formula is C22H42N2O. The summed E-state index contributed by atoms with van der Waals surface area (Å²) in [6.45, 7) is 4.10. The molecule has 0 aromatic rings. The molecule has 1 heterocycles. The van der Waals surface area contributed by atoms with E-state index in [0.29, 0.717) is 0 Å². The maximum atomic E-state index is 9.67. The van der Waals surface area contributed by atoms with E-state index in [1.165, 1.54) is 83.5 Å². The van der Waals surface area contributed by atoms with E-state index in [-0.39, 0.29) is 6.17 Å². The molecular weight excluding hydrogens is 308 g/mol. The Labute approximate surface area is 156 Å². The van der Waals surface area contributed by atoms with Gasteiger partial charge in [-0.15, -0.1) is 0 Å². The lowest BCUT2D eigenvalue weighted by atomic mass is 10.1. The third-order valence-corrected chi connectivity index (χ3v) is 5.07. The van der Waals surface area contributed by atoms with Crippen LogP contribution in [-0.4, -0.2) is 22.4 Å². The summed E-state index contributed by atoms with van der Waals surface area (Å²) in [7, 11) is 0. The van der Waals surface area contributed by atoms with Crippen LogP contribution >= 0.6 is 0 Å². The van der Waals surface area contributed by atoms with E-state index in [2.05, 4.69) is 24.4 Å². The molecule has 0 spiro atoms. The fourth-order valence-corrected chi connectivity index (χ4v) is 3.46. The molecule has 0 saturated heterocycles. The highest BCUT2D eigenvalue weighted by atomic mass is 16.3. The Morgan fingerprint density at radius 1 is 0.920 bits per heavy atom. The van der Waals surface area contributed by atoms with Crippen LogP contribution in [0.5, 0.6) is 0 Å². The SMILES string of the molecule is CCCCCCCCCCC/C=C/CCCCC1NC=CN1C(C)O. The van der Waals surface area contributed by atoms with Gasteiger partial charge in [0.15, 0.2) is 0 Å². The molecule has 0 bridgehead atoms. The lowest BCUT2D eigenvalue weighted by Gasteiger charge is -2.28. The van der Waals surface area contributed by atoms with Gasteiger partial charge < -0.3 is 15.3 Å². The molecule has 1 rings (SSSR count). The van der Waals surface area contributed by atoms with Gasteiger partial charge >= 0.3 is 0 Å². The number of aliphatic hydroxyl groups is 1. The summed E-state index contributed by atoms with van der Waals surface area (Å²) in [5.74, 6) is 0. The van der Waals surface area contributed by atoms with Crippen LogP contribution < -0.4 is 5.32 Å². The summed E-state index contributed by atoms with van der Waals surface area (Å²) in [6, 6.07) is 0. The molecule has 0 radical (unpaired) electrons. The van der Waals surface area contributed by atoms with Gasteiger partial charge in [-0.2, -0.15) is 0 Å². The molecule has 0 fully saturated rings. The number of hydrogen-bond acceptors (Lipinski definition) is 3. The molecule has 0 saturated carbocycles. The monoisotopic (exact) mass is 350 g/mol. The molecule has 0 amide bonds. The van der Waals surface area contributed by atoms with Gasteiger partial charge in [-0.3, -0.25) is 0 Å². The first kappa shape index (κ1) is 22.1. The molecule has 2 atom stereocenters. The van der Waals surface area contributed by atoms with Gasteiger partial charge in [0, 0.05) is 12.4 Å². The molecule has 2 N–H and O–H groups in total. The van der Waals surface area contributed by atoms with Crippen molar-refractivity contribution in [2.24, 2.45) is 0 Å². The Balaban J connectivity index is 1.83. The molecule has 3 heteroatoms. The summed E-state index contributed by atoms with van der Waals surface area (Å²) in [6.07, 6.45) is 27.1. The van der Waals surface area contributed by atoms with Gasteiger partial charge in [-0.1, -0.05) is 70.4 Å². The Morgan fingerprint density at radius 2 is 1.48 bits per heavy atom. The minimum absolute atomic E-state index is 0.269. The van der Waals surface area contributed by atoms with Gasteiger partial charge in [0.1, 0.15) is 12.4 Å². The number of aliphatic hydroxyl groups excluding tert-OH is 1. The molecule has 3 nitrogen and oxygen atoms in total. The highest BCUT2D eigenvalue weighted by molar-refractivity contribution is 4.94. The van der Waals surface area contributed by atoms with E-state index in [4.69, 9.17) is 0 Å². The molecule has 0 aromatic heterocycles. The first-order chi connectivity index (χ1) is 12.3. The number of nitrogens with zero attached hydrogens (tertiary/aromatic N) is 1. The van der Waals surface area contributed by atoms with Crippen LogP contribution in [0.2, 0.25) is 0 Å². The standard InChI is InChI=1S/C22H42N2O/c1-3-4-5-6-7-8-9-10-11-12-13-14-15-16-17-18-22-23-19-20-24(22)21(2)25/h13-14,19-23,25H,3-12,15-18H2,1-2H3/b14-13+. The second-order valence-electron chi connectivity index (χ2n) is 7.45. The second kappa shape index (κ2) is 15.3. The van der Waals surface area contributed by atoms with Crippen LogP contribution in [0.4, 0.5) is 0 Å². The molecule has 146 valence electrons. The smallest absolute Gasteiger partial charge is 0.125 e. The van der Waals surface area contributed by atoms with Crippen molar-refractivity contribution >= 4 is 0 Å². The third kappa shape index (κ3) is 11.3. The van der Waals surface area contributed by atoms with Crippen molar-refractivity contribution in [1.82, 2.24) is 10.2 Å². The largest absolute Gasteiger partial charge is 0.374 e. The van der Waals surface area contributed by atoms with Crippen molar-refractivity contribution in [1.29, 1.82) is 0 Å². The third-order valence-electron chi connectivity index (χ3n) is 5.07. The lowest BCUT2D eigenvalue weighted by Crippen LogP contribution is -2.40. The van der Waals surface area contributed by atoms with Crippen LogP contribution in [0, 0.1) is 0 Å². The van der Waals surface area contributed by atoms with Crippen molar-refractivity contribution in [3.05, 3.63) is 24.6 Å². The highest BCUT2D eigenvalue weighted by Crippen LogP contribution is 2.15. The Hall–Kier alpha value is -0.960. The maximum absolute atomic E-state index is 9.67. The zero-order chi connectivity index (χ0) is 18.2. The quantitative estimate of drug-likeness (QED) is 0.262. The second-order valence-corrected chi connectivity index (χ2v) is 7.45. The zero-order valence-corrected chi connectivity index (χ0v) is 16.8. The van der Waals surface area contributed by atoms with Crippen LogP contribution in [0.1, 0.15) is 104 Å². The molecule has 2 unspecified atom stereocenters. The van der Waals surface area contributed by atoms with E-state index in [1.54, 1.807) is 0 Å². The van der Waals surface area contributed by atoms with Crippen LogP contribution in [0.3, 0.4) is 0 Å².